The minimum atomic E-state index is -0.298. The molecular formula is C27H34N6O3S. The van der Waals surface area contributed by atoms with Gasteiger partial charge in [-0.25, -0.2) is 4.98 Å². The fraction of sp³-hybridized carbons (Fsp3) is 0.481. The zero-order valence-corrected chi connectivity index (χ0v) is 22.6. The van der Waals surface area contributed by atoms with Crippen molar-refractivity contribution in [1.29, 1.82) is 0 Å². The predicted molar refractivity (Wildman–Crippen MR) is 145 cm³/mol. The number of fused-ring (bicyclic) bond motifs is 1. The number of nitrogens with zero attached hydrogens (tertiary/aromatic N) is 4. The molecule has 1 aliphatic heterocycles. The minimum absolute atomic E-state index is 0.217. The van der Waals surface area contributed by atoms with Crippen LogP contribution in [0.15, 0.2) is 29.4 Å². The number of carbonyl (C=O) groups excluding carboxylic acids is 2. The number of Topliss-reactive ketones (excluding diaryl/α,β-unsaturated/α-hetero) is 1. The summed E-state index contributed by atoms with van der Waals surface area (Å²) in [7, 11) is 0. The van der Waals surface area contributed by atoms with E-state index in [-0.39, 0.29) is 29.6 Å². The van der Waals surface area contributed by atoms with Crippen molar-refractivity contribution in [2.75, 3.05) is 18.4 Å². The molecule has 0 radical (unpaired) electrons. The molecule has 37 heavy (non-hydrogen) atoms. The van der Waals surface area contributed by atoms with Gasteiger partial charge in [-0.1, -0.05) is 6.92 Å². The van der Waals surface area contributed by atoms with Crippen LogP contribution in [0.3, 0.4) is 0 Å². The number of allylic oxidation sites excluding steroid dienone is 1. The molecule has 2 aliphatic rings. The quantitative estimate of drug-likeness (QED) is 0.408. The predicted octanol–water partition coefficient (Wildman–Crippen LogP) is 4.10. The molecule has 1 saturated heterocycles. The van der Waals surface area contributed by atoms with Gasteiger partial charge in [0.25, 0.3) is 0 Å². The topological polar surface area (TPSA) is 101 Å². The standard InChI is InChI=1S/C27H34N6O3S/c1-5-22-13-32(12-16(2)36-22)14-23-8-20(15-37-23)25-10-26(30-21-6-7-21)33-27(31-25)19(11-28-33)9-24(17(3)34)29-18(4)35/h8-11,15-16,21-22,30H,5-7,12-14H2,1-4H3,(H,29,35)/b24-9-. The van der Waals surface area contributed by atoms with Gasteiger partial charge >= 0.3 is 0 Å². The molecular weight excluding hydrogens is 488 g/mol. The van der Waals surface area contributed by atoms with E-state index in [0.29, 0.717) is 17.3 Å². The molecule has 196 valence electrons. The van der Waals surface area contributed by atoms with Crippen molar-refractivity contribution in [2.45, 2.75) is 71.8 Å². The van der Waals surface area contributed by atoms with Gasteiger partial charge in [0.2, 0.25) is 5.91 Å². The van der Waals surface area contributed by atoms with E-state index >= 15 is 0 Å². The third-order valence-corrected chi connectivity index (χ3v) is 7.53. The summed E-state index contributed by atoms with van der Waals surface area (Å²) in [5.74, 6) is 0.340. The molecule has 2 atom stereocenters. The first-order valence-electron chi connectivity index (χ1n) is 12.9. The lowest BCUT2D eigenvalue weighted by Crippen LogP contribution is -2.45. The van der Waals surface area contributed by atoms with Gasteiger partial charge in [-0.3, -0.25) is 14.5 Å². The average Bonchev–Trinajstić information content (AvgIpc) is 3.38. The van der Waals surface area contributed by atoms with Crippen molar-refractivity contribution in [3.05, 3.63) is 39.8 Å². The third-order valence-electron chi connectivity index (χ3n) is 6.60. The number of thiophene rings is 1. The van der Waals surface area contributed by atoms with E-state index < -0.39 is 0 Å². The monoisotopic (exact) mass is 522 g/mol. The first-order chi connectivity index (χ1) is 17.8. The SMILES string of the molecule is CCC1CN(Cc2cc(-c3cc(NC4CC4)n4ncc(/C=C(\NC(C)=O)C(C)=O)c4n3)cs2)CC(C)O1. The molecule has 10 heteroatoms. The number of ether oxygens (including phenoxy) is 1. The average molecular weight is 523 g/mol. The van der Waals surface area contributed by atoms with E-state index in [9.17, 15) is 9.59 Å². The van der Waals surface area contributed by atoms with Crippen molar-refractivity contribution in [1.82, 2.24) is 24.8 Å². The maximum Gasteiger partial charge on any atom is 0.221 e. The maximum absolute atomic E-state index is 12.1. The Morgan fingerprint density at radius 3 is 2.76 bits per heavy atom. The Labute approximate surface area is 220 Å². The fourth-order valence-corrected chi connectivity index (χ4v) is 5.57. The Hall–Kier alpha value is -3.08. The molecule has 0 aromatic carbocycles. The number of aromatic nitrogens is 3. The summed E-state index contributed by atoms with van der Waals surface area (Å²) in [6.45, 7) is 9.90. The van der Waals surface area contributed by atoms with Gasteiger partial charge in [0, 0.05) is 67.0 Å². The first kappa shape index (κ1) is 25.6. The van der Waals surface area contributed by atoms with Gasteiger partial charge in [0.05, 0.1) is 29.8 Å². The molecule has 2 N–H and O–H groups in total. The minimum Gasteiger partial charge on any atom is -0.373 e. The molecule has 5 rings (SSSR count). The van der Waals surface area contributed by atoms with Crippen LogP contribution < -0.4 is 10.6 Å². The van der Waals surface area contributed by atoms with Crippen LogP contribution in [0, 0.1) is 0 Å². The number of carbonyl (C=O) groups is 2. The molecule has 9 nitrogen and oxygen atoms in total. The van der Waals surface area contributed by atoms with Gasteiger partial charge in [-0.2, -0.15) is 9.61 Å². The molecule has 1 amide bonds. The van der Waals surface area contributed by atoms with E-state index in [1.54, 1.807) is 28.1 Å². The Bertz CT molecular complexity index is 1340. The molecule has 4 heterocycles. The van der Waals surface area contributed by atoms with Crippen LogP contribution >= 0.6 is 11.3 Å². The summed E-state index contributed by atoms with van der Waals surface area (Å²) < 4.78 is 7.79. The molecule has 3 aromatic rings. The lowest BCUT2D eigenvalue weighted by Gasteiger charge is -2.36. The Morgan fingerprint density at radius 2 is 2.05 bits per heavy atom. The lowest BCUT2D eigenvalue weighted by molar-refractivity contribution is -0.120. The van der Waals surface area contributed by atoms with Crippen LogP contribution in [0.4, 0.5) is 5.82 Å². The lowest BCUT2D eigenvalue weighted by atomic mass is 10.1. The number of nitrogens with one attached hydrogen (secondary N) is 2. The second-order valence-electron chi connectivity index (χ2n) is 10.0. The highest BCUT2D eigenvalue weighted by Crippen LogP contribution is 2.32. The van der Waals surface area contributed by atoms with Crippen molar-refractivity contribution in [3.8, 4) is 11.3 Å². The zero-order valence-electron chi connectivity index (χ0n) is 21.8. The Morgan fingerprint density at radius 1 is 1.24 bits per heavy atom. The van der Waals surface area contributed by atoms with Crippen molar-refractivity contribution in [2.24, 2.45) is 0 Å². The van der Waals surface area contributed by atoms with Crippen molar-refractivity contribution in [3.63, 3.8) is 0 Å². The largest absolute Gasteiger partial charge is 0.373 e. The van der Waals surface area contributed by atoms with Gasteiger partial charge in [0.15, 0.2) is 11.4 Å². The van der Waals surface area contributed by atoms with E-state index in [1.165, 1.54) is 18.7 Å². The van der Waals surface area contributed by atoms with Crippen molar-refractivity contribution < 1.29 is 14.3 Å². The second-order valence-corrected chi connectivity index (χ2v) is 11.0. The highest BCUT2D eigenvalue weighted by Gasteiger charge is 2.25. The Kier molecular flexibility index (Phi) is 7.41. The molecule has 1 saturated carbocycles. The number of rotatable bonds is 9. The van der Waals surface area contributed by atoms with Gasteiger partial charge in [-0.15, -0.1) is 11.3 Å². The maximum atomic E-state index is 12.1. The summed E-state index contributed by atoms with van der Waals surface area (Å²) in [5.41, 5.74) is 3.42. The van der Waals surface area contributed by atoms with Crippen LogP contribution in [0.1, 0.15) is 57.4 Å². The van der Waals surface area contributed by atoms with Crippen LogP contribution in [0.25, 0.3) is 23.0 Å². The number of amides is 1. The number of hydrogen-bond acceptors (Lipinski definition) is 8. The summed E-state index contributed by atoms with van der Waals surface area (Å²) in [6, 6.07) is 4.69. The molecule has 2 unspecified atom stereocenters. The number of morpholine rings is 1. The van der Waals surface area contributed by atoms with Crippen LogP contribution in [0.5, 0.6) is 0 Å². The number of anilines is 1. The van der Waals surface area contributed by atoms with Gasteiger partial charge in [-0.05, 0) is 38.3 Å². The smallest absolute Gasteiger partial charge is 0.221 e. The fourth-order valence-electron chi connectivity index (χ4n) is 4.65. The highest BCUT2D eigenvalue weighted by atomic mass is 32.1. The number of ketones is 1. The van der Waals surface area contributed by atoms with Crippen LogP contribution in [-0.4, -0.2) is 62.5 Å². The molecule has 3 aromatic heterocycles. The molecule has 0 spiro atoms. The van der Waals surface area contributed by atoms with Gasteiger partial charge < -0.3 is 15.4 Å². The Balaban J connectivity index is 1.47. The normalized spacial score (nSPS) is 20.8. The first-order valence-corrected chi connectivity index (χ1v) is 13.8. The van der Waals surface area contributed by atoms with E-state index in [4.69, 9.17) is 9.72 Å². The third kappa shape index (κ3) is 6.08. The van der Waals surface area contributed by atoms with Crippen LogP contribution in [-0.2, 0) is 20.9 Å². The summed E-state index contributed by atoms with van der Waals surface area (Å²) >= 11 is 1.74. The summed E-state index contributed by atoms with van der Waals surface area (Å²) in [5, 5.41) is 12.9. The van der Waals surface area contributed by atoms with Crippen molar-refractivity contribution >= 4 is 40.6 Å². The van der Waals surface area contributed by atoms with E-state index in [1.807, 2.05) is 6.07 Å². The zero-order chi connectivity index (χ0) is 26.1. The van der Waals surface area contributed by atoms with Gasteiger partial charge in [0.1, 0.15) is 5.82 Å². The van der Waals surface area contributed by atoms with E-state index in [2.05, 4.69) is 45.9 Å². The van der Waals surface area contributed by atoms with Crippen LogP contribution in [0.2, 0.25) is 0 Å². The summed E-state index contributed by atoms with van der Waals surface area (Å²) in [6.07, 6.45) is 7.13. The molecule has 2 fully saturated rings. The van der Waals surface area contributed by atoms with E-state index in [0.717, 1.165) is 56.0 Å². The highest BCUT2D eigenvalue weighted by molar-refractivity contribution is 7.10. The molecule has 1 aliphatic carbocycles. The molecule has 0 bridgehead atoms. The summed E-state index contributed by atoms with van der Waals surface area (Å²) in [4.78, 5) is 32.4. The second kappa shape index (κ2) is 10.7. The number of hydrogen-bond donors (Lipinski definition) is 2.